The molecule has 14 heavy (non-hydrogen) atoms. The molecule has 0 saturated heterocycles. The molecule has 78 valence electrons. The molecule has 0 saturated carbocycles. The van der Waals surface area contributed by atoms with Crippen LogP contribution in [0.1, 0.15) is 18.1 Å². The molecule has 0 atom stereocenters. The van der Waals surface area contributed by atoms with Crippen molar-refractivity contribution in [2.45, 2.75) is 19.9 Å². The smallest absolute Gasteiger partial charge is 0.0231 e. The van der Waals surface area contributed by atoms with Gasteiger partial charge in [0.2, 0.25) is 0 Å². The van der Waals surface area contributed by atoms with Gasteiger partial charge in [0.1, 0.15) is 0 Å². The lowest BCUT2D eigenvalue weighted by Crippen LogP contribution is -2.19. The fourth-order valence-corrected chi connectivity index (χ4v) is 2.02. The van der Waals surface area contributed by atoms with Crippen LogP contribution < -0.4 is 0 Å². The van der Waals surface area contributed by atoms with Crippen LogP contribution in [0.5, 0.6) is 0 Å². The van der Waals surface area contributed by atoms with Crippen LogP contribution in [0.2, 0.25) is 0 Å². The second-order valence-corrected chi connectivity index (χ2v) is 4.39. The van der Waals surface area contributed by atoms with Crippen molar-refractivity contribution in [3.05, 3.63) is 35.4 Å². The second kappa shape index (κ2) is 6.20. The highest BCUT2D eigenvalue weighted by Crippen LogP contribution is 2.07. The van der Waals surface area contributed by atoms with Gasteiger partial charge in [0.25, 0.3) is 0 Å². The van der Waals surface area contributed by atoms with Crippen LogP contribution in [0.25, 0.3) is 0 Å². The van der Waals surface area contributed by atoms with Gasteiger partial charge in [-0.3, -0.25) is 0 Å². The Bertz CT molecular complexity index is 256. The lowest BCUT2D eigenvalue weighted by molar-refractivity contribution is 0.349. The van der Waals surface area contributed by atoms with Crippen LogP contribution >= 0.6 is 15.9 Å². The van der Waals surface area contributed by atoms with Gasteiger partial charge in [0.05, 0.1) is 0 Å². The minimum Gasteiger partial charge on any atom is -0.301 e. The van der Waals surface area contributed by atoms with Gasteiger partial charge < -0.3 is 4.90 Å². The van der Waals surface area contributed by atoms with E-state index in [2.05, 4.69) is 59.1 Å². The Balaban J connectivity index is 2.50. The first-order valence-electron chi connectivity index (χ1n) is 5.08. The minimum absolute atomic E-state index is 1.04. The molecule has 0 unspecified atom stereocenters. The Labute approximate surface area is 95.2 Å². The van der Waals surface area contributed by atoms with E-state index in [1.165, 1.54) is 11.1 Å². The molecule has 1 nitrogen and oxygen atoms in total. The highest BCUT2D eigenvalue weighted by atomic mass is 79.9. The van der Waals surface area contributed by atoms with E-state index in [0.29, 0.717) is 0 Å². The van der Waals surface area contributed by atoms with E-state index in [1.807, 2.05) is 0 Å². The molecule has 0 radical (unpaired) electrons. The molecule has 0 bridgehead atoms. The molecule has 0 fully saturated rings. The van der Waals surface area contributed by atoms with Crippen molar-refractivity contribution in [1.82, 2.24) is 4.90 Å². The van der Waals surface area contributed by atoms with E-state index in [0.717, 1.165) is 24.8 Å². The molecule has 1 aromatic rings. The number of alkyl halides is 1. The quantitative estimate of drug-likeness (QED) is 0.732. The summed E-state index contributed by atoms with van der Waals surface area (Å²) in [6.45, 7) is 4.32. The summed E-state index contributed by atoms with van der Waals surface area (Å²) in [6.07, 6.45) is 1.12. The van der Waals surface area contributed by atoms with E-state index in [1.54, 1.807) is 0 Å². The van der Waals surface area contributed by atoms with E-state index in [4.69, 9.17) is 0 Å². The largest absolute Gasteiger partial charge is 0.301 e. The highest BCUT2D eigenvalue weighted by Gasteiger charge is 1.98. The first-order chi connectivity index (χ1) is 6.76. The van der Waals surface area contributed by atoms with Crippen LogP contribution in [0.15, 0.2) is 24.3 Å². The molecule has 0 heterocycles. The summed E-state index contributed by atoms with van der Waals surface area (Å²) < 4.78 is 0. The van der Waals surface area contributed by atoms with E-state index in [-0.39, 0.29) is 0 Å². The molecule has 0 spiro atoms. The van der Waals surface area contributed by atoms with Crippen LogP contribution in [-0.2, 0) is 13.0 Å². The van der Waals surface area contributed by atoms with Gasteiger partial charge in [-0.25, -0.2) is 0 Å². The first-order valence-corrected chi connectivity index (χ1v) is 6.20. The maximum absolute atomic E-state index is 3.44. The predicted octanol–water partition coefficient (Wildman–Crippen LogP) is 3.08. The minimum atomic E-state index is 1.04. The van der Waals surface area contributed by atoms with Gasteiger partial charge in [-0.15, -0.1) is 0 Å². The van der Waals surface area contributed by atoms with Gasteiger partial charge in [-0.1, -0.05) is 47.1 Å². The normalized spacial score (nSPS) is 10.9. The monoisotopic (exact) mass is 255 g/mol. The summed E-state index contributed by atoms with van der Waals surface area (Å²) in [4.78, 5) is 2.32. The first kappa shape index (κ1) is 11.7. The van der Waals surface area contributed by atoms with Crippen molar-refractivity contribution in [2.75, 3.05) is 18.9 Å². The number of hydrogen-bond acceptors (Lipinski definition) is 1. The number of nitrogens with zero attached hydrogens (tertiary/aromatic N) is 1. The average Bonchev–Trinajstić information content (AvgIpc) is 2.19. The van der Waals surface area contributed by atoms with Crippen LogP contribution in [0, 0.1) is 0 Å². The number of halogens is 1. The Kier molecular flexibility index (Phi) is 5.20. The van der Waals surface area contributed by atoms with Gasteiger partial charge in [-0.2, -0.15) is 0 Å². The zero-order valence-electron chi connectivity index (χ0n) is 8.96. The van der Waals surface area contributed by atoms with E-state index in [9.17, 15) is 0 Å². The van der Waals surface area contributed by atoms with Crippen molar-refractivity contribution >= 4 is 15.9 Å². The maximum Gasteiger partial charge on any atom is 0.0231 e. The van der Waals surface area contributed by atoms with Gasteiger partial charge in [0.15, 0.2) is 0 Å². The lowest BCUT2D eigenvalue weighted by Gasteiger charge is -2.14. The van der Waals surface area contributed by atoms with Gasteiger partial charge in [-0.05, 0) is 24.6 Å². The summed E-state index contributed by atoms with van der Waals surface area (Å²) >= 11 is 3.44. The van der Waals surface area contributed by atoms with Gasteiger partial charge >= 0.3 is 0 Å². The molecule has 2 heteroatoms. The zero-order chi connectivity index (χ0) is 10.4. The fourth-order valence-electron chi connectivity index (χ4n) is 1.42. The van der Waals surface area contributed by atoms with Crippen molar-refractivity contribution in [3.8, 4) is 0 Å². The number of rotatable bonds is 5. The van der Waals surface area contributed by atoms with Crippen LogP contribution in [0.3, 0.4) is 0 Å². The van der Waals surface area contributed by atoms with Crippen molar-refractivity contribution in [1.29, 1.82) is 0 Å². The number of aryl methyl sites for hydroxylation is 1. The van der Waals surface area contributed by atoms with E-state index >= 15 is 0 Å². The molecule has 0 N–H and O–H groups in total. The highest BCUT2D eigenvalue weighted by molar-refractivity contribution is 9.09. The van der Waals surface area contributed by atoms with E-state index < -0.39 is 0 Å². The van der Waals surface area contributed by atoms with Gasteiger partial charge in [0, 0.05) is 18.4 Å². The van der Waals surface area contributed by atoms with Crippen molar-refractivity contribution in [2.24, 2.45) is 0 Å². The summed E-state index contributed by atoms with van der Waals surface area (Å²) in [6, 6.07) is 8.89. The summed E-state index contributed by atoms with van der Waals surface area (Å²) in [5.41, 5.74) is 2.81. The third-order valence-corrected chi connectivity index (χ3v) is 2.70. The Morgan fingerprint density at radius 2 is 1.71 bits per heavy atom. The topological polar surface area (TPSA) is 3.24 Å². The molecular weight excluding hydrogens is 238 g/mol. The molecule has 1 rings (SSSR count). The molecular formula is C12H18BrN. The van der Waals surface area contributed by atoms with Crippen LogP contribution in [-0.4, -0.2) is 23.8 Å². The SMILES string of the molecule is CCc1ccc(CN(C)CCBr)cc1. The average molecular weight is 256 g/mol. The number of benzene rings is 1. The maximum atomic E-state index is 3.44. The Morgan fingerprint density at radius 3 is 2.21 bits per heavy atom. The molecule has 0 aliphatic heterocycles. The third kappa shape index (κ3) is 3.81. The molecule has 0 amide bonds. The standard InChI is InChI=1S/C12H18BrN/c1-3-11-4-6-12(7-5-11)10-14(2)9-8-13/h4-7H,3,8-10H2,1-2H3. The van der Waals surface area contributed by atoms with Crippen molar-refractivity contribution in [3.63, 3.8) is 0 Å². The lowest BCUT2D eigenvalue weighted by atomic mass is 10.1. The molecule has 0 aromatic heterocycles. The summed E-state index contributed by atoms with van der Waals surface area (Å²) in [5, 5.41) is 1.04. The molecule has 0 aliphatic carbocycles. The predicted molar refractivity (Wildman–Crippen MR) is 65.9 cm³/mol. The zero-order valence-corrected chi connectivity index (χ0v) is 10.5. The van der Waals surface area contributed by atoms with Crippen molar-refractivity contribution < 1.29 is 0 Å². The third-order valence-electron chi connectivity index (χ3n) is 2.35. The summed E-state index contributed by atoms with van der Waals surface area (Å²) in [7, 11) is 2.15. The summed E-state index contributed by atoms with van der Waals surface area (Å²) in [5.74, 6) is 0. The second-order valence-electron chi connectivity index (χ2n) is 3.60. The molecule has 1 aromatic carbocycles. The Morgan fingerprint density at radius 1 is 1.14 bits per heavy atom. The Hall–Kier alpha value is -0.340. The molecule has 0 aliphatic rings. The fraction of sp³-hybridized carbons (Fsp3) is 0.500. The van der Waals surface area contributed by atoms with Crippen LogP contribution in [0.4, 0.5) is 0 Å². The number of hydrogen-bond donors (Lipinski definition) is 0.